The van der Waals surface area contributed by atoms with Gasteiger partial charge in [-0.3, -0.25) is 4.94 Å². The van der Waals surface area contributed by atoms with Gasteiger partial charge in [0.25, 0.3) is 0 Å². The van der Waals surface area contributed by atoms with Crippen LogP contribution in [0.25, 0.3) is 0 Å². The van der Waals surface area contributed by atoms with E-state index in [1.165, 1.54) is 0 Å². The summed E-state index contributed by atoms with van der Waals surface area (Å²) in [5.41, 5.74) is -2.07. The van der Waals surface area contributed by atoms with Crippen LogP contribution in [0.3, 0.4) is 0 Å². The van der Waals surface area contributed by atoms with Gasteiger partial charge in [-0.05, 0) is 0 Å². The fourth-order valence-electron chi connectivity index (χ4n) is 0.865. The van der Waals surface area contributed by atoms with Gasteiger partial charge in [0.15, 0.2) is 5.75 Å². The third kappa shape index (κ3) is 1.91. The molecular weight excluding hydrogens is 214 g/mol. The van der Waals surface area contributed by atoms with Crippen LogP contribution in [0.1, 0.15) is 5.56 Å². The highest BCUT2D eigenvalue weighted by Gasteiger charge is 2.38. The van der Waals surface area contributed by atoms with E-state index >= 15 is 0 Å². The summed E-state index contributed by atoms with van der Waals surface area (Å²) < 4.78 is 72.4. The topological polar surface area (TPSA) is 9.23 Å². The Morgan fingerprint density at radius 3 is 1.71 bits per heavy atom. The van der Waals surface area contributed by atoms with E-state index in [9.17, 15) is 26.5 Å². The summed E-state index contributed by atoms with van der Waals surface area (Å²) in [7, 11) is 0. The molecule has 0 heterocycles. The van der Waals surface area contributed by atoms with Gasteiger partial charge in [-0.15, -0.1) is 0 Å². The monoisotopic (exact) mass is 216 g/mol. The lowest BCUT2D eigenvalue weighted by Gasteiger charge is -2.09. The molecule has 1 aromatic rings. The second-order valence-electron chi connectivity index (χ2n) is 2.34. The molecule has 0 saturated heterocycles. The zero-order valence-corrected chi connectivity index (χ0v) is 6.33. The smallest absolute Gasteiger partial charge is 0.294 e. The molecule has 0 aliphatic heterocycles. The van der Waals surface area contributed by atoms with Crippen LogP contribution in [-0.2, 0) is 6.18 Å². The molecule has 1 aromatic carbocycles. The molecule has 14 heavy (non-hydrogen) atoms. The average Bonchev–Trinajstić information content (AvgIpc) is 1.99. The molecule has 0 N–H and O–H groups in total. The fraction of sp³-hybridized carbons (Fsp3) is 0.143. The van der Waals surface area contributed by atoms with Gasteiger partial charge < -0.3 is 0 Å². The van der Waals surface area contributed by atoms with Crippen LogP contribution < -0.4 is 4.94 Å². The van der Waals surface area contributed by atoms with Crippen molar-refractivity contribution in [2.45, 2.75) is 6.18 Å². The standard InChI is InChI=1S/C7H2F6O/c8-4-1-3(14-13)2-5(9)6(4)7(10,11)12/h1-2H. The molecule has 0 aliphatic carbocycles. The van der Waals surface area contributed by atoms with Crippen molar-refractivity contribution in [2.75, 3.05) is 0 Å². The number of alkyl halides is 3. The highest BCUT2D eigenvalue weighted by Crippen LogP contribution is 2.35. The Morgan fingerprint density at radius 2 is 1.43 bits per heavy atom. The molecule has 0 bridgehead atoms. The second kappa shape index (κ2) is 3.39. The first-order valence-electron chi connectivity index (χ1n) is 3.21. The Bertz CT molecular complexity index is 322. The number of benzene rings is 1. The third-order valence-corrected chi connectivity index (χ3v) is 1.39. The van der Waals surface area contributed by atoms with Gasteiger partial charge >= 0.3 is 6.18 Å². The molecule has 0 spiro atoms. The largest absolute Gasteiger partial charge is 0.422 e. The van der Waals surface area contributed by atoms with E-state index in [0.29, 0.717) is 0 Å². The highest BCUT2D eigenvalue weighted by molar-refractivity contribution is 5.31. The summed E-state index contributed by atoms with van der Waals surface area (Å²) in [5, 5.41) is 0. The Hall–Kier alpha value is -1.40. The zero-order valence-electron chi connectivity index (χ0n) is 6.33. The number of hydrogen-bond donors (Lipinski definition) is 0. The van der Waals surface area contributed by atoms with Gasteiger partial charge in [0.05, 0.1) is 0 Å². The molecule has 1 nitrogen and oxygen atoms in total. The summed E-state index contributed by atoms with van der Waals surface area (Å²) in [5.74, 6) is -4.82. The molecule has 0 unspecified atom stereocenters. The van der Waals surface area contributed by atoms with E-state index in [2.05, 4.69) is 4.94 Å². The van der Waals surface area contributed by atoms with Crippen LogP contribution in [0, 0.1) is 11.6 Å². The van der Waals surface area contributed by atoms with Crippen LogP contribution in [0.5, 0.6) is 5.75 Å². The van der Waals surface area contributed by atoms with E-state index in [-0.39, 0.29) is 12.1 Å². The lowest BCUT2D eigenvalue weighted by Crippen LogP contribution is -2.11. The number of rotatable bonds is 1. The van der Waals surface area contributed by atoms with Crippen molar-refractivity contribution >= 4 is 0 Å². The van der Waals surface area contributed by atoms with Gasteiger partial charge in [0.2, 0.25) is 0 Å². The van der Waals surface area contributed by atoms with Crippen LogP contribution in [0.15, 0.2) is 12.1 Å². The summed E-state index contributed by atoms with van der Waals surface area (Å²) in [6, 6.07) is 0.206. The van der Waals surface area contributed by atoms with E-state index in [0.717, 1.165) is 0 Å². The summed E-state index contributed by atoms with van der Waals surface area (Å²) in [6.45, 7) is 0. The van der Waals surface area contributed by atoms with E-state index in [4.69, 9.17) is 0 Å². The molecule has 0 atom stereocenters. The van der Waals surface area contributed by atoms with Crippen molar-refractivity contribution in [1.29, 1.82) is 0 Å². The summed E-state index contributed by atoms with van der Waals surface area (Å²) in [6.07, 6.45) is -5.16. The van der Waals surface area contributed by atoms with Crippen molar-refractivity contribution in [2.24, 2.45) is 0 Å². The maximum Gasteiger partial charge on any atom is 0.422 e. The first kappa shape index (κ1) is 10.7. The van der Waals surface area contributed by atoms with E-state index < -0.39 is 29.1 Å². The van der Waals surface area contributed by atoms with E-state index in [1.54, 1.807) is 0 Å². The van der Waals surface area contributed by atoms with Crippen molar-refractivity contribution in [3.05, 3.63) is 29.3 Å². The number of halogens is 6. The van der Waals surface area contributed by atoms with Crippen LogP contribution >= 0.6 is 0 Å². The minimum atomic E-state index is -5.16. The molecule has 0 aromatic heterocycles. The zero-order chi connectivity index (χ0) is 10.9. The molecule has 7 heteroatoms. The van der Waals surface area contributed by atoms with Crippen molar-refractivity contribution < 1.29 is 31.4 Å². The summed E-state index contributed by atoms with van der Waals surface area (Å²) in [4.78, 5) is 2.90. The molecule has 0 radical (unpaired) electrons. The van der Waals surface area contributed by atoms with E-state index in [1.807, 2.05) is 0 Å². The SMILES string of the molecule is FOc1cc(F)c(C(F)(F)F)c(F)c1. The van der Waals surface area contributed by atoms with Gasteiger partial charge in [0, 0.05) is 16.7 Å². The maximum absolute atomic E-state index is 12.6. The second-order valence-corrected chi connectivity index (χ2v) is 2.34. The van der Waals surface area contributed by atoms with Crippen LogP contribution in [-0.4, -0.2) is 0 Å². The molecule has 0 amide bonds. The first-order chi connectivity index (χ1) is 6.36. The normalized spacial score (nSPS) is 11.6. The highest BCUT2D eigenvalue weighted by atomic mass is 19.4. The molecule has 78 valence electrons. The van der Waals surface area contributed by atoms with Crippen molar-refractivity contribution in [3.8, 4) is 5.75 Å². The molecular formula is C7H2F6O. The molecule has 1 rings (SSSR count). The van der Waals surface area contributed by atoms with Gasteiger partial charge in [-0.1, -0.05) is 0 Å². The van der Waals surface area contributed by atoms with Gasteiger partial charge in [-0.2, -0.15) is 13.2 Å². The number of hydrogen-bond acceptors (Lipinski definition) is 1. The van der Waals surface area contributed by atoms with Crippen LogP contribution in [0.4, 0.5) is 26.5 Å². The average molecular weight is 216 g/mol. The Balaban J connectivity index is 3.33. The predicted octanol–water partition coefficient (Wildman–Crippen LogP) is 3.25. The minimum Gasteiger partial charge on any atom is -0.294 e. The predicted molar refractivity (Wildman–Crippen MR) is 33.1 cm³/mol. The Kier molecular flexibility index (Phi) is 2.59. The minimum absolute atomic E-state index is 0.103. The lowest BCUT2D eigenvalue weighted by atomic mass is 10.2. The van der Waals surface area contributed by atoms with Crippen LogP contribution in [0.2, 0.25) is 0 Å². The summed E-state index contributed by atoms with van der Waals surface area (Å²) >= 11 is 0. The van der Waals surface area contributed by atoms with Crippen molar-refractivity contribution in [3.63, 3.8) is 0 Å². The molecule has 0 aliphatic rings. The Morgan fingerprint density at radius 1 is 1.00 bits per heavy atom. The molecule has 0 fully saturated rings. The maximum atomic E-state index is 12.6. The van der Waals surface area contributed by atoms with Gasteiger partial charge in [0.1, 0.15) is 17.2 Å². The quantitative estimate of drug-likeness (QED) is 0.654. The third-order valence-electron chi connectivity index (χ3n) is 1.39. The Labute approximate surface area is 73.8 Å². The molecule has 0 saturated carbocycles. The lowest BCUT2D eigenvalue weighted by molar-refractivity contribution is -0.142. The first-order valence-corrected chi connectivity index (χ1v) is 3.21. The fourth-order valence-corrected chi connectivity index (χ4v) is 0.865. The van der Waals surface area contributed by atoms with Crippen molar-refractivity contribution in [1.82, 2.24) is 0 Å². The van der Waals surface area contributed by atoms with Gasteiger partial charge in [-0.25, -0.2) is 8.78 Å².